The van der Waals surface area contributed by atoms with Gasteiger partial charge in [0.1, 0.15) is 5.15 Å². The van der Waals surface area contributed by atoms with Crippen molar-refractivity contribution in [1.29, 1.82) is 0 Å². The number of likely N-dealkylation sites (tertiary alicyclic amines) is 1. The van der Waals surface area contributed by atoms with Gasteiger partial charge in [0.25, 0.3) is 0 Å². The Morgan fingerprint density at radius 3 is 2.88 bits per heavy atom. The number of nitrogens with zero attached hydrogens (tertiary/aromatic N) is 2. The fraction of sp³-hybridized carbons (Fsp3) is 0.615. The van der Waals surface area contributed by atoms with Crippen molar-refractivity contribution >= 4 is 11.6 Å². The monoisotopic (exact) mass is 254 g/mol. The normalized spacial score (nSPS) is 18.5. The average molecular weight is 255 g/mol. The van der Waals surface area contributed by atoms with Gasteiger partial charge in [0.2, 0.25) is 0 Å². The second-order valence-corrected chi connectivity index (χ2v) is 4.80. The molecule has 0 bridgehead atoms. The van der Waals surface area contributed by atoms with Crippen molar-refractivity contribution in [2.45, 2.75) is 32.4 Å². The highest BCUT2D eigenvalue weighted by atomic mass is 35.5. The molecule has 1 aliphatic heterocycles. The summed E-state index contributed by atoms with van der Waals surface area (Å²) in [7, 11) is 0. The molecule has 4 heteroatoms. The standard InChI is InChI=1S/C13H19ClN2O/c1-2-17-12-4-7-16(8-5-12)10-11-3-6-15-13(14)9-11/h3,6,9,12H,2,4-5,7-8,10H2,1H3. The first kappa shape index (κ1) is 12.8. The van der Waals surface area contributed by atoms with Crippen LogP contribution in [0.25, 0.3) is 0 Å². The minimum absolute atomic E-state index is 0.456. The van der Waals surface area contributed by atoms with Gasteiger partial charge in [0, 0.05) is 32.4 Å². The molecule has 0 saturated carbocycles. The summed E-state index contributed by atoms with van der Waals surface area (Å²) in [6.45, 7) is 6.05. The van der Waals surface area contributed by atoms with Gasteiger partial charge in [-0.15, -0.1) is 0 Å². The maximum atomic E-state index is 5.88. The van der Waals surface area contributed by atoms with Crippen LogP contribution in [0, 0.1) is 0 Å². The van der Waals surface area contributed by atoms with Crippen LogP contribution >= 0.6 is 11.6 Å². The lowest BCUT2D eigenvalue weighted by atomic mass is 10.1. The summed E-state index contributed by atoms with van der Waals surface area (Å²) in [5.74, 6) is 0. The van der Waals surface area contributed by atoms with Gasteiger partial charge in [-0.05, 0) is 37.5 Å². The number of aromatic nitrogens is 1. The lowest BCUT2D eigenvalue weighted by molar-refractivity contribution is 0.0125. The summed E-state index contributed by atoms with van der Waals surface area (Å²) < 4.78 is 5.64. The molecule has 0 atom stereocenters. The molecule has 1 saturated heterocycles. The molecule has 17 heavy (non-hydrogen) atoms. The summed E-state index contributed by atoms with van der Waals surface area (Å²) in [6.07, 6.45) is 4.49. The van der Waals surface area contributed by atoms with E-state index in [1.165, 1.54) is 5.56 Å². The lowest BCUT2D eigenvalue weighted by Gasteiger charge is -2.31. The second kappa shape index (κ2) is 6.34. The first-order valence-electron chi connectivity index (χ1n) is 6.22. The SMILES string of the molecule is CCOC1CCN(Cc2ccnc(Cl)c2)CC1. The van der Waals surface area contributed by atoms with Crippen LogP contribution in [0.5, 0.6) is 0 Å². The number of ether oxygens (including phenoxy) is 1. The van der Waals surface area contributed by atoms with E-state index < -0.39 is 0 Å². The Balaban J connectivity index is 1.82. The predicted molar refractivity (Wildman–Crippen MR) is 69.2 cm³/mol. The van der Waals surface area contributed by atoms with Crippen molar-refractivity contribution in [2.75, 3.05) is 19.7 Å². The molecule has 0 N–H and O–H groups in total. The van der Waals surface area contributed by atoms with Gasteiger partial charge in [0.15, 0.2) is 0 Å². The Kier molecular flexibility index (Phi) is 4.77. The minimum atomic E-state index is 0.456. The Hall–Kier alpha value is -0.640. The molecule has 2 rings (SSSR count). The number of hydrogen-bond acceptors (Lipinski definition) is 3. The molecule has 0 aromatic carbocycles. The third kappa shape index (κ3) is 3.95. The fourth-order valence-corrected chi connectivity index (χ4v) is 2.47. The molecule has 2 heterocycles. The number of halogens is 1. The molecule has 0 aliphatic carbocycles. The van der Waals surface area contributed by atoms with Crippen molar-refractivity contribution in [1.82, 2.24) is 9.88 Å². The maximum absolute atomic E-state index is 5.88. The number of hydrogen-bond donors (Lipinski definition) is 0. The van der Waals surface area contributed by atoms with Crippen molar-refractivity contribution in [3.63, 3.8) is 0 Å². The van der Waals surface area contributed by atoms with Crippen LogP contribution in [0.15, 0.2) is 18.3 Å². The van der Waals surface area contributed by atoms with E-state index in [1.54, 1.807) is 6.20 Å². The van der Waals surface area contributed by atoms with Crippen LogP contribution in [0.4, 0.5) is 0 Å². The predicted octanol–water partition coefficient (Wildman–Crippen LogP) is 2.74. The molecule has 1 fully saturated rings. The zero-order chi connectivity index (χ0) is 12.1. The van der Waals surface area contributed by atoms with Crippen molar-refractivity contribution in [3.05, 3.63) is 29.0 Å². The Morgan fingerprint density at radius 1 is 1.47 bits per heavy atom. The highest BCUT2D eigenvalue weighted by Gasteiger charge is 2.19. The summed E-state index contributed by atoms with van der Waals surface area (Å²) in [6, 6.07) is 3.97. The van der Waals surface area contributed by atoms with Gasteiger partial charge in [0.05, 0.1) is 6.10 Å². The molecule has 94 valence electrons. The topological polar surface area (TPSA) is 25.4 Å². The van der Waals surface area contributed by atoms with Crippen LogP contribution < -0.4 is 0 Å². The Labute approximate surface area is 108 Å². The minimum Gasteiger partial charge on any atom is -0.378 e. The van der Waals surface area contributed by atoms with E-state index in [4.69, 9.17) is 16.3 Å². The molecular weight excluding hydrogens is 236 g/mol. The summed E-state index contributed by atoms with van der Waals surface area (Å²) >= 11 is 5.88. The molecule has 3 nitrogen and oxygen atoms in total. The number of rotatable bonds is 4. The van der Waals surface area contributed by atoms with Crippen LogP contribution in [-0.4, -0.2) is 35.7 Å². The van der Waals surface area contributed by atoms with Crippen molar-refractivity contribution in [2.24, 2.45) is 0 Å². The first-order valence-corrected chi connectivity index (χ1v) is 6.60. The van der Waals surface area contributed by atoms with Gasteiger partial charge in [-0.3, -0.25) is 4.90 Å². The molecule has 0 radical (unpaired) electrons. The van der Waals surface area contributed by atoms with E-state index in [1.807, 2.05) is 12.1 Å². The quantitative estimate of drug-likeness (QED) is 0.773. The molecule has 1 aromatic heterocycles. The van der Waals surface area contributed by atoms with Crippen LogP contribution in [0.3, 0.4) is 0 Å². The van der Waals surface area contributed by atoms with Crippen molar-refractivity contribution < 1.29 is 4.74 Å². The smallest absolute Gasteiger partial charge is 0.129 e. The molecule has 1 aliphatic rings. The van der Waals surface area contributed by atoms with E-state index in [9.17, 15) is 0 Å². The highest BCUT2D eigenvalue weighted by molar-refractivity contribution is 6.29. The van der Waals surface area contributed by atoms with Crippen LogP contribution in [0.1, 0.15) is 25.3 Å². The Morgan fingerprint density at radius 2 is 2.24 bits per heavy atom. The van der Waals surface area contributed by atoms with E-state index in [0.29, 0.717) is 11.3 Å². The molecule has 0 spiro atoms. The van der Waals surface area contributed by atoms with E-state index in [-0.39, 0.29) is 0 Å². The third-order valence-electron chi connectivity index (χ3n) is 3.13. The van der Waals surface area contributed by atoms with Crippen LogP contribution in [-0.2, 0) is 11.3 Å². The maximum Gasteiger partial charge on any atom is 0.129 e. The third-order valence-corrected chi connectivity index (χ3v) is 3.34. The summed E-state index contributed by atoms with van der Waals surface area (Å²) in [4.78, 5) is 6.44. The van der Waals surface area contributed by atoms with E-state index in [2.05, 4.69) is 16.8 Å². The molecular formula is C13H19ClN2O. The molecule has 0 amide bonds. The van der Waals surface area contributed by atoms with Gasteiger partial charge < -0.3 is 4.74 Å². The molecule has 1 aromatic rings. The van der Waals surface area contributed by atoms with Crippen molar-refractivity contribution in [3.8, 4) is 0 Å². The van der Waals surface area contributed by atoms with Crippen LogP contribution in [0.2, 0.25) is 5.15 Å². The average Bonchev–Trinajstić information content (AvgIpc) is 2.32. The first-order chi connectivity index (χ1) is 8.28. The summed E-state index contributed by atoms with van der Waals surface area (Å²) in [5, 5.41) is 0.576. The lowest BCUT2D eigenvalue weighted by Crippen LogP contribution is -2.36. The zero-order valence-corrected chi connectivity index (χ0v) is 11.0. The van der Waals surface area contributed by atoms with E-state index >= 15 is 0 Å². The van der Waals surface area contributed by atoms with E-state index in [0.717, 1.165) is 39.1 Å². The highest BCUT2D eigenvalue weighted by Crippen LogP contribution is 2.17. The fourth-order valence-electron chi connectivity index (χ4n) is 2.27. The summed E-state index contributed by atoms with van der Waals surface area (Å²) in [5.41, 5.74) is 1.24. The van der Waals surface area contributed by atoms with Gasteiger partial charge >= 0.3 is 0 Å². The zero-order valence-electron chi connectivity index (χ0n) is 10.2. The Bertz CT molecular complexity index is 351. The second-order valence-electron chi connectivity index (χ2n) is 4.42. The largest absolute Gasteiger partial charge is 0.378 e. The number of pyridine rings is 1. The van der Waals surface area contributed by atoms with Gasteiger partial charge in [-0.1, -0.05) is 11.6 Å². The van der Waals surface area contributed by atoms with Gasteiger partial charge in [-0.25, -0.2) is 4.98 Å². The van der Waals surface area contributed by atoms with Gasteiger partial charge in [-0.2, -0.15) is 0 Å². The molecule has 0 unspecified atom stereocenters. The number of piperidine rings is 1.